The molecule has 0 unspecified atom stereocenters. The summed E-state index contributed by atoms with van der Waals surface area (Å²) in [6, 6.07) is 22.3. The first-order valence-electron chi connectivity index (χ1n) is 12.4. The van der Waals surface area contributed by atoms with Crippen LogP contribution in [0.3, 0.4) is 0 Å². The minimum absolute atomic E-state index is 0.317. The van der Waals surface area contributed by atoms with Crippen molar-refractivity contribution >= 4 is 5.82 Å². The quantitative estimate of drug-likeness (QED) is 0.466. The maximum absolute atomic E-state index is 13.0. The molecule has 186 valence electrons. The Hall–Kier alpha value is -3.00. The molecule has 1 saturated heterocycles. The largest absolute Gasteiger partial charge is 0.374 e. The zero-order valence-electron chi connectivity index (χ0n) is 20.9. The van der Waals surface area contributed by atoms with E-state index in [1.165, 1.54) is 0 Å². The summed E-state index contributed by atoms with van der Waals surface area (Å²) in [5.74, 6) is 0.555. The summed E-state index contributed by atoms with van der Waals surface area (Å²) in [7, 11) is 0. The Bertz CT molecular complexity index is 1120. The van der Waals surface area contributed by atoms with Crippen molar-refractivity contribution in [1.82, 2.24) is 14.5 Å². The fourth-order valence-corrected chi connectivity index (χ4v) is 4.36. The van der Waals surface area contributed by atoms with Crippen LogP contribution in [0.25, 0.3) is 0 Å². The number of anilines is 1. The number of hydrogen-bond donors (Lipinski definition) is 1. The van der Waals surface area contributed by atoms with Crippen LogP contribution in [0.15, 0.2) is 77.7 Å². The molecule has 1 aliphatic heterocycles. The molecule has 1 aliphatic rings. The fourth-order valence-electron chi connectivity index (χ4n) is 4.36. The average molecular weight is 477 g/mol. The molecule has 7 nitrogen and oxygen atoms in total. The van der Waals surface area contributed by atoms with Gasteiger partial charge in [-0.2, -0.15) is 4.98 Å². The number of benzene rings is 2. The van der Waals surface area contributed by atoms with E-state index in [0.717, 1.165) is 24.1 Å². The van der Waals surface area contributed by atoms with Crippen LogP contribution in [-0.4, -0.2) is 45.8 Å². The van der Waals surface area contributed by atoms with Gasteiger partial charge in [0.05, 0.1) is 13.2 Å². The van der Waals surface area contributed by atoms with E-state index in [9.17, 15) is 4.79 Å². The lowest BCUT2D eigenvalue weighted by Crippen LogP contribution is -2.58. The number of rotatable bonds is 10. The van der Waals surface area contributed by atoms with Gasteiger partial charge in [0.1, 0.15) is 11.4 Å². The third-order valence-electron chi connectivity index (χ3n) is 6.58. The predicted molar refractivity (Wildman–Crippen MR) is 138 cm³/mol. The lowest BCUT2D eigenvalue weighted by molar-refractivity contribution is -0.214. The summed E-state index contributed by atoms with van der Waals surface area (Å²) in [5.41, 5.74) is 1.43. The molecule has 7 heteroatoms. The van der Waals surface area contributed by atoms with Crippen molar-refractivity contribution in [2.45, 2.75) is 58.2 Å². The van der Waals surface area contributed by atoms with Gasteiger partial charge in [-0.3, -0.25) is 9.47 Å². The molecule has 1 fully saturated rings. The molecule has 0 aliphatic carbocycles. The molecule has 0 bridgehead atoms. The third kappa shape index (κ3) is 6.57. The molecular formula is C28H36N4O3. The van der Waals surface area contributed by atoms with Gasteiger partial charge >= 0.3 is 5.69 Å². The number of hydrogen-bond acceptors (Lipinski definition) is 6. The molecule has 35 heavy (non-hydrogen) atoms. The van der Waals surface area contributed by atoms with Crippen LogP contribution in [-0.2, 0) is 22.6 Å². The molecule has 4 rings (SSSR count). The molecule has 1 N–H and O–H groups in total. The predicted octanol–water partition coefficient (Wildman–Crippen LogP) is 4.46. The molecule has 3 aromatic rings. The van der Waals surface area contributed by atoms with E-state index in [1.54, 1.807) is 10.8 Å². The zero-order valence-corrected chi connectivity index (χ0v) is 20.9. The fraction of sp³-hybridized carbons (Fsp3) is 0.429. The van der Waals surface area contributed by atoms with Gasteiger partial charge in [0.25, 0.3) is 0 Å². The summed E-state index contributed by atoms with van der Waals surface area (Å²) in [6.07, 6.45) is 2.12. The van der Waals surface area contributed by atoms with Crippen molar-refractivity contribution in [2.24, 2.45) is 0 Å². The van der Waals surface area contributed by atoms with Crippen LogP contribution in [0.5, 0.6) is 0 Å². The zero-order chi connectivity index (χ0) is 24.7. The topological polar surface area (TPSA) is 68.6 Å². The smallest absolute Gasteiger partial charge is 0.351 e. The van der Waals surface area contributed by atoms with Crippen LogP contribution in [0.4, 0.5) is 5.82 Å². The summed E-state index contributed by atoms with van der Waals surface area (Å²) in [6.45, 7) is 9.43. The second kappa shape index (κ2) is 11.6. The number of morpholine rings is 1. The SMILES string of the molecule is CC[C@@]1(COCc2ccccc2)CN(C(C)C)C[C@H](n2ccc(NCc3ccccc3)nc2=O)O1. The molecule has 2 atom stereocenters. The van der Waals surface area contributed by atoms with Gasteiger partial charge in [-0.05, 0) is 37.5 Å². The molecule has 0 radical (unpaired) electrons. The lowest BCUT2D eigenvalue weighted by Gasteiger charge is -2.47. The van der Waals surface area contributed by atoms with Gasteiger partial charge in [0.2, 0.25) is 0 Å². The Balaban J connectivity index is 1.47. The lowest BCUT2D eigenvalue weighted by atomic mass is 9.97. The minimum Gasteiger partial charge on any atom is -0.374 e. The Morgan fingerprint density at radius 1 is 1.09 bits per heavy atom. The molecule has 0 amide bonds. The number of nitrogens with zero attached hydrogens (tertiary/aromatic N) is 3. The van der Waals surface area contributed by atoms with E-state index in [1.807, 2.05) is 54.6 Å². The highest BCUT2D eigenvalue weighted by molar-refractivity contribution is 5.33. The van der Waals surface area contributed by atoms with Crippen molar-refractivity contribution in [1.29, 1.82) is 0 Å². The van der Waals surface area contributed by atoms with E-state index < -0.39 is 11.8 Å². The molecule has 2 aromatic carbocycles. The van der Waals surface area contributed by atoms with Crippen molar-refractivity contribution in [3.8, 4) is 0 Å². The Morgan fingerprint density at radius 3 is 2.40 bits per heavy atom. The van der Waals surface area contributed by atoms with E-state index in [4.69, 9.17) is 9.47 Å². The minimum atomic E-state index is -0.508. The van der Waals surface area contributed by atoms with Gasteiger partial charge in [-0.15, -0.1) is 0 Å². The summed E-state index contributed by atoms with van der Waals surface area (Å²) < 4.78 is 14.3. The van der Waals surface area contributed by atoms with Crippen molar-refractivity contribution in [2.75, 3.05) is 25.0 Å². The van der Waals surface area contributed by atoms with E-state index in [0.29, 0.717) is 38.2 Å². The first-order chi connectivity index (χ1) is 17.0. The van der Waals surface area contributed by atoms with Gasteiger partial charge in [0, 0.05) is 31.9 Å². The van der Waals surface area contributed by atoms with E-state index in [2.05, 4.69) is 48.1 Å². The highest BCUT2D eigenvalue weighted by Crippen LogP contribution is 2.31. The molecule has 0 saturated carbocycles. The van der Waals surface area contributed by atoms with Gasteiger partial charge in [-0.1, -0.05) is 67.6 Å². The van der Waals surface area contributed by atoms with Crippen molar-refractivity contribution in [3.63, 3.8) is 0 Å². The Labute approximate surface area is 207 Å². The summed E-state index contributed by atoms with van der Waals surface area (Å²) >= 11 is 0. The standard InChI is InChI=1S/C28H36N4O3/c1-4-28(21-34-19-24-13-9-6-10-14-24)20-31(22(2)3)18-26(35-28)32-16-15-25(30-27(32)33)29-17-23-11-7-5-8-12-23/h5-16,22,26H,4,17-21H2,1-3H3,(H,29,30,33)/t26-,28+/m1/s1. The molecule has 2 heterocycles. The van der Waals surface area contributed by atoms with Crippen LogP contribution in [0, 0.1) is 0 Å². The van der Waals surface area contributed by atoms with Crippen LogP contribution >= 0.6 is 0 Å². The summed E-state index contributed by atoms with van der Waals surface area (Å²) in [4.78, 5) is 19.6. The Morgan fingerprint density at radius 2 is 1.77 bits per heavy atom. The second-order valence-corrected chi connectivity index (χ2v) is 9.45. The average Bonchev–Trinajstić information content (AvgIpc) is 2.88. The number of ether oxygens (including phenoxy) is 2. The van der Waals surface area contributed by atoms with Crippen LogP contribution in [0.2, 0.25) is 0 Å². The highest BCUT2D eigenvalue weighted by Gasteiger charge is 2.41. The highest BCUT2D eigenvalue weighted by atomic mass is 16.6. The second-order valence-electron chi connectivity index (χ2n) is 9.45. The maximum atomic E-state index is 13.0. The third-order valence-corrected chi connectivity index (χ3v) is 6.58. The van der Waals surface area contributed by atoms with E-state index >= 15 is 0 Å². The van der Waals surface area contributed by atoms with E-state index in [-0.39, 0.29) is 5.69 Å². The van der Waals surface area contributed by atoms with Crippen LogP contribution < -0.4 is 11.0 Å². The van der Waals surface area contributed by atoms with Gasteiger partial charge in [-0.25, -0.2) is 4.79 Å². The van der Waals surface area contributed by atoms with Gasteiger partial charge in [0.15, 0.2) is 6.23 Å². The molecular weight excluding hydrogens is 440 g/mol. The molecule has 0 spiro atoms. The summed E-state index contributed by atoms with van der Waals surface area (Å²) in [5, 5.41) is 3.23. The number of nitrogens with one attached hydrogen (secondary N) is 1. The van der Waals surface area contributed by atoms with Gasteiger partial charge < -0.3 is 14.8 Å². The monoisotopic (exact) mass is 476 g/mol. The van der Waals surface area contributed by atoms with Crippen molar-refractivity contribution in [3.05, 3.63) is 94.5 Å². The normalized spacial score (nSPS) is 20.7. The maximum Gasteiger partial charge on any atom is 0.351 e. The van der Waals surface area contributed by atoms with Crippen LogP contribution in [0.1, 0.15) is 44.5 Å². The molecule has 1 aromatic heterocycles. The van der Waals surface area contributed by atoms with Crippen molar-refractivity contribution < 1.29 is 9.47 Å². The Kier molecular flexibility index (Phi) is 8.33. The number of aromatic nitrogens is 2. The first-order valence-corrected chi connectivity index (χ1v) is 12.4. The first kappa shape index (κ1) is 25.1.